The molecular weight excluding hydrogens is 240 g/mol. The van der Waals surface area contributed by atoms with E-state index in [2.05, 4.69) is 0 Å². The number of carbonyl (C=O) groups is 2. The topological polar surface area (TPSA) is 93.1 Å². The fourth-order valence-corrected chi connectivity index (χ4v) is 1.32. The maximum absolute atomic E-state index is 11.5. The van der Waals surface area contributed by atoms with Gasteiger partial charge in [-0.2, -0.15) is 0 Å². The van der Waals surface area contributed by atoms with Crippen LogP contribution in [0, 0.1) is 0 Å². The molecule has 0 aliphatic rings. The number of phenols is 2. The number of aromatic hydroxyl groups is 2. The van der Waals surface area contributed by atoms with Crippen LogP contribution in [0.3, 0.4) is 0 Å². The first-order chi connectivity index (χ1) is 8.51. The Bertz CT molecular complexity index is 427. The molecule has 0 spiro atoms. The molecule has 0 unspecified atom stereocenters. The molecule has 0 atom stereocenters. The second-order valence-electron chi connectivity index (χ2n) is 3.33. The van der Waals surface area contributed by atoms with Gasteiger partial charge in [0.15, 0.2) is 0 Å². The summed E-state index contributed by atoms with van der Waals surface area (Å²) in [6.07, 6.45) is 0. The molecule has 1 aromatic rings. The number of ether oxygens (including phenoxy) is 2. The van der Waals surface area contributed by atoms with Crippen molar-refractivity contribution in [1.82, 2.24) is 0 Å². The zero-order valence-corrected chi connectivity index (χ0v) is 10.1. The van der Waals surface area contributed by atoms with E-state index in [1.807, 2.05) is 0 Å². The van der Waals surface area contributed by atoms with Gasteiger partial charge in [-0.25, -0.2) is 9.59 Å². The predicted octanol–water partition coefficient (Wildman–Crippen LogP) is 1.45. The molecule has 18 heavy (non-hydrogen) atoms. The lowest BCUT2D eigenvalue weighted by molar-refractivity contribution is 0.0521. The van der Waals surface area contributed by atoms with Gasteiger partial charge in [0.05, 0.1) is 13.2 Å². The van der Waals surface area contributed by atoms with Crippen molar-refractivity contribution in [3.05, 3.63) is 23.3 Å². The molecule has 2 N–H and O–H groups in total. The molecule has 0 radical (unpaired) electrons. The van der Waals surface area contributed by atoms with Crippen molar-refractivity contribution in [1.29, 1.82) is 0 Å². The van der Waals surface area contributed by atoms with Crippen molar-refractivity contribution in [3.63, 3.8) is 0 Å². The highest BCUT2D eigenvalue weighted by atomic mass is 16.5. The first-order valence-corrected chi connectivity index (χ1v) is 5.41. The molecule has 0 saturated carbocycles. The predicted molar refractivity (Wildman–Crippen MR) is 61.7 cm³/mol. The van der Waals surface area contributed by atoms with Crippen LogP contribution in [0.15, 0.2) is 12.1 Å². The number of esters is 2. The Morgan fingerprint density at radius 3 is 1.67 bits per heavy atom. The van der Waals surface area contributed by atoms with Gasteiger partial charge >= 0.3 is 11.9 Å². The third-order valence-electron chi connectivity index (χ3n) is 2.10. The normalized spacial score (nSPS) is 9.89. The third-order valence-corrected chi connectivity index (χ3v) is 2.10. The van der Waals surface area contributed by atoms with Crippen LogP contribution in [0.4, 0.5) is 0 Å². The van der Waals surface area contributed by atoms with Crippen LogP contribution in [0.2, 0.25) is 0 Å². The number of hydrogen-bond acceptors (Lipinski definition) is 6. The van der Waals surface area contributed by atoms with Crippen molar-refractivity contribution in [2.75, 3.05) is 13.2 Å². The zero-order chi connectivity index (χ0) is 13.7. The number of rotatable bonds is 4. The smallest absolute Gasteiger partial charge is 0.341 e. The van der Waals surface area contributed by atoms with Gasteiger partial charge in [-0.3, -0.25) is 0 Å². The number of carbonyl (C=O) groups excluding carboxylic acids is 2. The second-order valence-corrected chi connectivity index (χ2v) is 3.33. The summed E-state index contributed by atoms with van der Waals surface area (Å²) < 4.78 is 9.42. The standard InChI is InChI=1S/C12H14O6/c1-3-17-11(15)7-5-8(12(16)18-4-2)10(14)6-9(7)13/h5-6,13-14H,3-4H2,1-2H3. The minimum Gasteiger partial charge on any atom is -0.507 e. The average molecular weight is 254 g/mol. The van der Waals surface area contributed by atoms with E-state index in [0.717, 1.165) is 12.1 Å². The Balaban J connectivity index is 3.17. The Morgan fingerprint density at radius 2 is 1.33 bits per heavy atom. The molecule has 0 aliphatic heterocycles. The first-order valence-electron chi connectivity index (χ1n) is 5.41. The number of hydrogen-bond donors (Lipinski definition) is 2. The van der Waals surface area contributed by atoms with Gasteiger partial charge in [-0.05, 0) is 19.9 Å². The summed E-state index contributed by atoms with van der Waals surface area (Å²) in [5, 5.41) is 19.0. The van der Waals surface area contributed by atoms with E-state index in [9.17, 15) is 19.8 Å². The van der Waals surface area contributed by atoms with E-state index >= 15 is 0 Å². The maximum atomic E-state index is 11.5. The van der Waals surface area contributed by atoms with Crippen molar-refractivity contribution < 1.29 is 29.3 Å². The van der Waals surface area contributed by atoms with Gasteiger partial charge in [-0.15, -0.1) is 0 Å². The quantitative estimate of drug-likeness (QED) is 0.790. The van der Waals surface area contributed by atoms with E-state index < -0.39 is 23.4 Å². The van der Waals surface area contributed by atoms with Crippen molar-refractivity contribution in [3.8, 4) is 11.5 Å². The Morgan fingerprint density at radius 1 is 0.944 bits per heavy atom. The fraction of sp³-hybridized carbons (Fsp3) is 0.333. The molecule has 0 bridgehead atoms. The third kappa shape index (κ3) is 2.91. The van der Waals surface area contributed by atoms with Gasteiger partial charge < -0.3 is 19.7 Å². The summed E-state index contributed by atoms with van der Waals surface area (Å²) in [5.74, 6) is -2.47. The Kier molecular flexibility index (Phi) is 4.53. The monoisotopic (exact) mass is 254 g/mol. The molecule has 0 heterocycles. The highest BCUT2D eigenvalue weighted by molar-refractivity contribution is 5.99. The second kappa shape index (κ2) is 5.90. The molecule has 0 amide bonds. The summed E-state index contributed by atoms with van der Waals surface area (Å²) in [4.78, 5) is 23.0. The molecular formula is C12H14O6. The van der Waals surface area contributed by atoms with Crippen molar-refractivity contribution in [2.45, 2.75) is 13.8 Å². The van der Waals surface area contributed by atoms with Crippen LogP contribution in [0.25, 0.3) is 0 Å². The van der Waals surface area contributed by atoms with Crippen molar-refractivity contribution >= 4 is 11.9 Å². The van der Waals surface area contributed by atoms with E-state index in [1.165, 1.54) is 0 Å². The van der Waals surface area contributed by atoms with Crippen LogP contribution in [-0.4, -0.2) is 35.4 Å². The first kappa shape index (κ1) is 13.8. The van der Waals surface area contributed by atoms with Gasteiger partial charge in [0.25, 0.3) is 0 Å². The highest BCUT2D eigenvalue weighted by Gasteiger charge is 2.20. The molecule has 6 nitrogen and oxygen atoms in total. The molecule has 0 aliphatic carbocycles. The summed E-state index contributed by atoms with van der Waals surface area (Å²) in [7, 11) is 0. The Hall–Kier alpha value is -2.24. The highest BCUT2D eigenvalue weighted by Crippen LogP contribution is 2.28. The molecule has 1 aromatic carbocycles. The van der Waals surface area contributed by atoms with Crippen LogP contribution in [0.5, 0.6) is 11.5 Å². The van der Waals surface area contributed by atoms with Crippen LogP contribution < -0.4 is 0 Å². The van der Waals surface area contributed by atoms with E-state index in [4.69, 9.17) is 9.47 Å². The summed E-state index contributed by atoms with van der Waals surface area (Å²) in [6, 6.07) is 1.94. The van der Waals surface area contributed by atoms with E-state index in [-0.39, 0.29) is 24.3 Å². The zero-order valence-electron chi connectivity index (χ0n) is 10.1. The average Bonchev–Trinajstić information content (AvgIpc) is 2.29. The molecule has 98 valence electrons. The largest absolute Gasteiger partial charge is 0.507 e. The van der Waals surface area contributed by atoms with Gasteiger partial charge in [0.2, 0.25) is 0 Å². The molecule has 1 rings (SSSR count). The van der Waals surface area contributed by atoms with E-state index in [0.29, 0.717) is 0 Å². The van der Waals surface area contributed by atoms with Gasteiger partial charge in [0.1, 0.15) is 22.6 Å². The molecule has 6 heteroatoms. The lowest BCUT2D eigenvalue weighted by Gasteiger charge is -2.08. The summed E-state index contributed by atoms with van der Waals surface area (Å²) in [5.41, 5.74) is -0.393. The van der Waals surface area contributed by atoms with Gasteiger partial charge in [0, 0.05) is 6.07 Å². The lowest BCUT2D eigenvalue weighted by atomic mass is 10.1. The minimum absolute atomic E-state index is 0.133. The summed E-state index contributed by atoms with van der Waals surface area (Å²) in [6.45, 7) is 3.49. The SMILES string of the molecule is CCOC(=O)c1cc(C(=O)OCC)c(O)cc1O. The lowest BCUT2D eigenvalue weighted by Crippen LogP contribution is -2.09. The minimum atomic E-state index is -0.777. The molecule has 0 saturated heterocycles. The molecule has 0 fully saturated rings. The van der Waals surface area contributed by atoms with Crippen LogP contribution in [0.1, 0.15) is 34.6 Å². The van der Waals surface area contributed by atoms with Crippen LogP contribution >= 0.6 is 0 Å². The Labute approximate surface area is 104 Å². The molecule has 0 aromatic heterocycles. The van der Waals surface area contributed by atoms with Crippen LogP contribution in [-0.2, 0) is 9.47 Å². The number of phenolic OH excluding ortho intramolecular Hbond substituents is 2. The fourth-order valence-electron chi connectivity index (χ4n) is 1.32. The maximum Gasteiger partial charge on any atom is 0.341 e. The van der Waals surface area contributed by atoms with Gasteiger partial charge in [-0.1, -0.05) is 0 Å². The van der Waals surface area contributed by atoms with E-state index in [1.54, 1.807) is 13.8 Å². The summed E-state index contributed by atoms with van der Waals surface area (Å²) >= 11 is 0. The number of benzene rings is 1. The van der Waals surface area contributed by atoms with Crippen molar-refractivity contribution in [2.24, 2.45) is 0 Å².